The third-order valence-electron chi connectivity index (χ3n) is 5.08. The van der Waals surface area contributed by atoms with E-state index < -0.39 is 0 Å². The second-order valence-electron chi connectivity index (χ2n) is 7.44. The van der Waals surface area contributed by atoms with Gasteiger partial charge in [0.05, 0.1) is 11.3 Å². The van der Waals surface area contributed by atoms with E-state index in [0.717, 1.165) is 27.9 Å². The van der Waals surface area contributed by atoms with E-state index in [2.05, 4.69) is 15.5 Å². The van der Waals surface area contributed by atoms with Crippen LogP contribution < -0.4 is 10.1 Å². The van der Waals surface area contributed by atoms with Crippen LogP contribution in [0.25, 0.3) is 16.6 Å². The minimum Gasteiger partial charge on any atom is -0.457 e. The molecule has 0 saturated carbocycles. The quantitative estimate of drug-likeness (QED) is 0.290. The number of fused-ring (bicyclic) bond motifs is 3. The smallest absolute Gasteiger partial charge is 0.234 e. The van der Waals surface area contributed by atoms with Crippen molar-refractivity contribution in [1.82, 2.24) is 14.6 Å². The number of benzene rings is 3. The fraction of sp³-hybridized carbons (Fsp3) is 0.0800. The Bertz CT molecular complexity index is 1450. The summed E-state index contributed by atoms with van der Waals surface area (Å²) in [5.41, 5.74) is 3.46. The predicted molar refractivity (Wildman–Crippen MR) is 133 cm³/mol. The van der Waals surface area contributed by atoms with E-state index in [0.29, 0.717) is 21.6 Å². The monoisotopic (exact) mass is 474 g/mol. The summed E-state index contributed by atoms with van der Waals surface area (Å²) in [7, 11) is 0. The van der Waals surface area contributed by atoms with Gasteiger partial charge < -0.3 is 10.1 Å². The van der Waals surface area contributed by atoms with Gasteiger partial charge in [-0.05, 0) is 73.2 Å². The van der Waals surface area contributed by atoms with Gasteiger partial charge in [0.15, 0.2) is 10.8 Å². The Labute approximate surface area is 199 Å². The van der Waals surface area contributed by atoms with E-state index in [1.54, 1.807) is 0 Å². The Kier molecular flexibility index (Phi) is 5.90. The fourth-order valence-electron chi connectivity index (χ4n) is 3.54. The molecule has 0 unspecified atom stereocenters. The number of rotatable bonds is 6. The lowest BCUT2D eigenvalue weighted by Gasteiger charge is -2.09. The number of carbonyl (C=O) groups is 1. The van der Waals surface area contributed by atoms with Crippen LogP contribution >= 0.6 is 23.4 Å². The molecule has 2 aromatic heterocycles. The lowest BCUT2D eigenvalue weighted by molar-refractivity contribution is -0.113. The first-order valence-electron chi connectivity index (χ1n) is 10.3. The number of nitrogens with zero attached hydrogens (tertiary/aromatic N) is 3. The van der Waals surface area contributed by atoms with Gasteiger partial charge in [0.1, 0.15) is 11.5 Å². The van der Waals surface area contributed by atoms with Gasteiger partial charge in [-0.2, -0.15) is 0 Å². The maximum Gasteiger partial charge on any atom is 0.234 e. The predicted octanol–water partition coefficient (Wildman–Crippen LogP) is 6.37. The third kappa shape index (κ3) is 4.65. The molecule has 0 aliphatic heterocycles. The Balaban J connectivity index is 1.27. The molecule has 3 aromatic carbocycles. The number of amides is 1. The van der Waals surface area contributed by atoms with Gasteiger partial charge >= 0.3 is 0 Å². The number of thioether (sulfide) groups is 1. The normalized spacial score (nSPS) is 11.1. The number of hydrogen-bond acceptors (Lipinski definition) is 5. The molecule has 0 bridgehead atoms. The van der Waals surface area contributed by atoms with Crippen LogP contribution in [0.15, 0.2) is 84.0 Å². The molecule has 164 valence electrons. The van der Waals surface area contributed by atoms with E-state index in [9.17, 15) is 4.79 Å². The second kappa shape index (κ2) is 9.13. The number of aromatic nitrogens is 3. The number of aryl methyl sites for hydroxylation is 1. The summed E-state index contributed by atoms with van der Waals surface area (Å²) in [5, 5.41) is 13.8. The molecule has 33 heavy (non-hydrogen) atoms. The average Bonchev–Trinajstić information content (AvgIpc) is 3.22. The van der Waals surface area contributed by atoms with Gasteiger partial charge in [0.25, 0.3) is 0 Å². The highest BCUT2D eigenvalue weighted by molar-refractivity contribution is 7.99. The number of pyridine rings is 1. The van der Waals surface area contributed by atoms with Crippen LogP contribution in [0.1, 0.15) is 5.56 Å². The lowest BCUT2D eigenvalue weighted by Crippen LogP contribution is -2.14. The molecule has 0 saturated heterocycles. The molecule has 6 nitrogen and oxygen atoms in total. The zero-order valence-corrected chi connectivity index (χ0v) is 19.2. The maximum atomic E-state index is 12.5. The highest BCUT2D eigenvalue weighted by Gasteiger charge is 2.14. The number of nitrogens with one attached hydrogen (secondary N) is 1. The molecule has 8 heteroatoms. The van der Waals surface area contributed by atoms with E-state index in [4.69, 9.17) is 16.3 Å². The van der Waals surface area contributed by atoms with Gasteiger partial charge in [-0.3, -0.25) is 9.20 Å². The molecule has 1 N–H and O–H groups in total. The van der Waals surface area contributed by atoms with Gasteiger partial charge in [-0.25, -0.2) is 0 Å². The Morgan fingerprint density at radius 1 is 1.00 bits per heavy atom. The van der Waals surface area contributed by atoms with Gasteiger partial charge in [0.2, 0.25) is 5.91 Å². The number of carbonyl (C=O) groups excluding carboxylic acids is 1. The van der Waals surface area contributed by atoms with Crippen LogP contribution in [0, 0.1) is 6.92 Å². The van der Waals surface area contributed by atoms with Crippen molar-refractivity contribution in [2.75, 3.05) is 11.1 Å². The standard InChI is InChI=1S/C25H19ClN4O2S/c1-16-13-23-28-29-25(30(23)22-12-7-17(26)14-21(16)22)33-15-24(31)27-18-8-10-20(11-9-18)32-19-5-3-2-4-6-19/h2-14H,15H2,1H3,(H,27,31). The molecule has 0 aliphatic carbocycles. The molecule has 0 fully saturated rings. The summed E-state index contributed by atoms with van der Waals surface area (Å²) in [5.74, 6) is 1.53. The molecule has 0 radical (unpaired) electrons. The molecule has 5 aromatic rings. The number of para-hydroxylation sites is 1. The number of halogens is 1. The van der Waals surface area contributed by atoms with Gasteiger partial charge in [0, 0.05) is 16.1 Å². The van der Waals surface area contributed by atoms with Crippen LogP contribution in [0.3, 0.4) is 0 Å². The summed E-state index contributed by atoms with van der Waals surface area (Å²) in [6, 6.07) is 24.5. The summed E-state index contributed by atoms with van der Waals surface area (Å²) >= 11 is 7.51. The van der Waals surface area contributed by atoms with Gasteiger partial charge in [-0.1, -0.05) is 41.6 Å². The zero-order chi connectivity index (χ0) is 22.8. The van der Waals surface area contributed by atoms with E-state index >= 15 is 0 Å². The Morgan fingerprint density at radius 3 is 2.55 bits per heavy atom. The largest absolute Gasteiger partial charge is 0.457 e. The van der Waals surface area contributed by atoms with Crippen LogP contribution in [-0.2, 0) is 4.79 Å². The molecular weight excluding hydrogens is 456 g/mol. The molecule has 2 heterocycles. The first kappa shape index (κ1) is 21.3. The highest BCUT2D eigenvalue weighted by Crippen LogP contribution is 2.28. The minimum atomic E-state index is -0.132. The Hall–Kier alpha value is -3.55. The Morgan fingerprint density at radius 2 is 1.76 bits per heavy atom. The average molecular weight is 475 g/mol. The molecular formula is C25H19ClN4O2S. The number of hydrogen-bond donors (Lipinski definition) is 1. The summed E-state index contributed by atoms with van der Waals surface area (Å²) < 4.78 is 7.73. The SMILES string of the molecule is Cc1cc2nnc(SCC(=O)Nc3ccc(Oc4ccccc4)cc3)n2c2ccc(Cl)cc12. The van der Waals surface area contributed by atoms with Crippen molar-refractivity contribution in [2.24, 2.45) is 0 Å². The molecule has 0 atom stereocenters. The topological polar surface area (TPSA) is 68.5 Å². The van der Waals surface area contributed by atoms with Crippen molar-refractivity contribution >= 4 is 51.5 Å². The highest BCUT2D eigenvalue weighted by atomic mass is 35.5. The summed E-state index contributed by atoms with van der Waals surface area (Å²) in [4.78, 5) is 12.5. The van der Waals surface area contributed by atoms with Gasteiger partial charge in [-0.15, -0.1) is 10.2 Å². The molecule has 0 spiro atoms. The molecule has 1 amide bonds. The van der Waals surface area contributed by atoms with E-state index in [-0.39, 0.29) is 11.7 Å². The van der Waals surface area contributed by atoms with E-state index in [1.807, 2.05) is 90.2 Å². The van der Waals surface area contributed by atoms with E-state index in [1.165, 1.54) is 11.8 Å². The summed E-state index contributed by atoms with van der Waals surface area (Å²) in [6.07, 6.45) is 0. The van der Waals surface area contributed by atoms with Crippen molar-refractivity contribution in [2.45, 2.75) is 12.1 Å². The molecule has 0 aliphatic rings. The second-order valence-corrected chi connectivity index (χ2v) is 8.82. The minimum absolute atomic E-state index is 0.132. The maximum absolute atomic E-state index is 12.5. The lowest BCUT2D eigenvalue weighted by atomic mass is 10.1. The number of anilines is 1. The number of ether oxygens (including phenoxy) is 1. The van der Waals surface area contributed by atoms with Crippen molar-refractivity contribution in [3.63, 3.8) is 0 Å². The first-order valence-corrected chi connectivity index (χ1v) is 11.6. The van der Waals surface area contributed by atoms with Crippen LogP contribution in [-0.4, -0.2) is 26.3 Å². The fourth-order valence-corrected chi connectivity index (χ4v) is 4.47. The van der Waals surface area contributed by atoms with Crippen molar-refractivity contribution in [1.29, 1.82) is 0 Å². The van der Waals surface area contributed by atoms with Crippen molar-refractivity contribution < 1.29 is 9.53 Å². The first-order chi connectivity index (χ1) is 16.1. The van der Waals surface area contributed by atoms with Crippen molar-refractivity contribution in [3.8, 4) is 11.5 Å². The van der Waals surface area contributed by atoms with Crippen molar-refractivity contribution in [3.05, 3.63) is 89.4 Å². The third-order valence-corrected chi connectivity index (χ3v) is 6.24. The van der Waals surface area contributed by atoms with Crippen LogP contribution in [0.5, 0.6) is 11.5 Å². The van der Waals surface area contributed by atoms with Crippen LogP contribution in [0.4, 0.5) is 5.69 Å². The molecule has 5 rings (SSSR count). The zero-order valence-electron chi connectivity index (χ0n) is 17.7. The van der Waals surface area contributed by atoms with Crippen LogP contribution in [0.2, 0.25) is 5.02 Å². The summed E-state index contributed by atoms with van der Waals surface area (Å²) in [6.45, 7) is 2.02.